The number of methoxy groups -OCH3 is 1. The molecular formula is C30H32FN9O3. The minimum absolute atomic E-state index is 0.0828. The number of halogens is 1. The molecule has 0 N–H and O–H groups in total. The third kappa shape index (κ3) is 5.33. The largest absolute Gasteiger partial charge is 0.489 e. The third-order valence-corrected chi connectivity index (χ3v) is 8.50. The summed E-state index contributed by atoms with van der Waals surface area (Å²) in [6, 6.07) is 8.51. The fourth-order valence-electron chi connectivity index (χ4n) is 6.25. The first-order valence-corrected chi connectivity index (χ1v) is 14.4. The average Bonchev–Trinajstić information content (AvgIpc) is 3.37. The van der Waals surface area contributed by atoms with Gasteiger partial charge in [0.05, 0.1) is 43.5 Å². The number of likely N-dealkylation sites (N-methyl/N-ethyl adjacent to an activating group) is 1. The number of ether oxygens (including phenoxy) is 3. The summed E-state index contributed by atoms with van der Waals surface area (Å²) in [6.07, 6.45) is 7.93. The molecular weight excluding hydrogens is 553 g/mol. The predicted octanol–water partition coefficient (Wildman–Crippen LogP) is 2.38. The standard InChI is InChI=1S/C30H32FN9O3/c1-37-5-6-42-23(16-37)18-43-22-8-24(29-25(9-32)30(31)36-40(29)17-22)26-11-34-27(12-33-26)38-14-20-7-21(15-38)39(20)13-19-3-4-28(41-2)35-10-19/h3-4,8,10-12,17,20-21,23H,5-7,13-16,18H2,1-2H3. The minimum atomic E-state index is -0.842. The summed E-state index contributed by atoms with van der Waals surface area (Å²) < 4.78 is 33.0. The highest BCUT2D eigenvalue weighted by Crippen LogP contribution is 2.36. The van der Waals surface area contributed by atoms with Crippen LogP contribution < -0.4 is 14.4 Å². The molecule has 0 radical (unpaired) electrons. The molecule has 4 aliphatic heterocycles. The van der Waals surface area contributed by atoms with Gasteiger partial charge in [0, 0.05) is 62.6 Å². The Kier molecular flexibility index (Phi) is 7.26. The van der Waals surface area contributed by atoms with Crippen molar-refractivity contribution in [1.82, 2.24) is 34.4 Å². The zero-order valence-corrected chi connectivity index (χ0v) is 24.1. The molecule has 4 aromatic heterocycles. The van der Waals surface area contributed by atoms with Crippen LogP contribution >= 0.6 is 0 Å². The van der Waals surface area contributed by atoms with Gasteiger partial charge < -0.3 is 24.0 Å². The van der Waals surface area contributed by atoms with Crippen LogP contribution in [-0.2, 0) is 11.3 Å². The topological polar surface area (TPSA) is 117 Å². The van der Waals surface area contributed by atoms with Crippen molar-refractivity contribution in [3.63, 3.8) is 0 Å². The number of piperazine rings is 1. The van der Waals surface area contributed by atoms with Gasteiger partial charge >= 0.3 is 0 Å². The Morgan fingerprint density at radius 2 is 1.98 bits per heavy atom. The van der Waals surface area contributed by atoms with Crippen molar-refractivity contribution in [2.24, 2.45) is 0 Å². The number of hydrogen-bond acceptors (Lipinski definition) is 11. The van der Waals surface area contributed by atoms with Crippen molar-refractivity contribution in [1.29, 1.82) is 5.26 Å². The van der Waals surface area contributed by atoms with Crippen molar-refractivity contribution >= 4 is 11.3 Å². The Morgan fingerprint density at radius 3 is 2.67 bits per heavy atom. The molecule has 0 saturated carbocycles. The Morgan fingerprint density at radius 1 is 1.12 bits per heavy atom. The van der Waals surface area contributed by atoms with E-state index in [1.165, 1.54) is 4.52 Å². The minimum Gasteiger partial charge on any atom is -0.489 e. The van der Waals surface area contributed by atoms with E-state index >= 15 is 0 Å². The highest BCUT2D eigenvalue weighted by Gasteiger charge is 2.44. The Labute approximate surface area is 248 Å². The summed E-state index contributed by atoms with van der Waals surface area (Å²) in [6.45, 7) is 5.17. The van der Waals surface area contributed by atoms with Crippen LogP contribution in [-0.4, -0.2) is 106 Å². The molecule has 8 heterocycles. The van der Waals surface area contributed by atoms with Gasteiger partial charge in [0.25, 0.3) is 5.95 Å². The van der Waals surface area contributed by atoms with Crippen LogP contribution in [0.4, 0.5) is 10.2 Å². The van der Waals surface area contributed by atoms with Crippen molar-refractivity contribution in [2.75, 3.05) is 58.5 Å². The second-order valence-corrected chi connectivity index (χ2v) is 11.3. The molecule has 13 heteroatoms. The number of nitriles is 1. The van der Waals surface area contributed by atoms with Crippen LogP contribution in [0, 0.1) is 17.3 Å². The smallest absolute Gasteiger partial charge is 0.251 e. The molecule has 0 amide bonds. The number of rotatable bonds is 8. The van der Waals surface area contributed by atoms with E-state index in [2.05, 4.69) is 30.8 Å². The van der Waals surface area contributed by atoms with Gasteiger partial charge in [-0.2, -0.15) is 9.65 Å². The molecule has 43 heavy (non-hydrogen) atoms. The van der Waals surface area contributed by atoms with Crippen molar-refractivity contribution < 1.29 is 18.6 Å². The van der Waals surface area contributed by atoms with Gasteiger partial charge in [-0.25, -0.2) is 14.5 Å². The normalized spacial score (nSPS) is 22.3. The molecule has 222 valence electrons. The number of aromatic nitrogens is 5. The summed E-state index contributed by atoms with van der Waals surface area (Å²) in [5, 5.41) is 13.6. The summed E-state index contributed by atoms with van der Waals surface area (Å²) >= 11 is 0. The van der Waals surface area contributed by atoms with Crippen LogP contribution in [0.5, 0.6) is 11.6 Å². The van der Waals surface area contributed by atoms with Crippen LogP contribution in [0.15, 0.2) is 43.0 Å². The van der Waals surface area contributed by atoms with Gasteiger partial charge in [-0.05, 0) is 25.1 Å². The van der Waals surface area contributed by atoms with Gasteiger partial charge in [0.2, 0.25) is 5.88 Å². The molecule has 4 aromatic rings. The fraction of sp³-hybridized carbons (Fsp3) is 0.433. The number of piperidine rings is 1. The van der Waals surface area contributed by atoms with E-state index in [9.17, 15) is 9.65 Å². The summed E-state index contributed by atoms with van der Waals surface area (Å²) in [5.74, 6) is 1.03. The molecule has 8 rings (SSSR count). The first-order chi connectivity index (χ1) is 21.0. The quantitative estimate of drug-likeness (QED) is 0.303. The lowest BCUT2D eigenvalue weighted by Gasteiger charge is -2.56. The predicted molar refractivity (Wildman–Crippen MR) is 154 cm³/mol. The SMILES string of the molecule is COc1ccc(CN2C3CC2CN(c2cnc(-c4cc(OCC5CN(C)CCO5)cn5nc(F)c(C#N)c45)cn2)C3)cn1. The lowest BCUT2D eigenvalue weighted by atomic mass is 9.87. The maximum Gasteiger partial charge on any atom is 0.251 e. The maximum atomic E-state index is 14.6. The molecule has 3 unspecified atom stereocenters. The zero-order chi connectivity index (χ0) is 29.5. The van der Waals surface area contributed by atoms with E-state index in [0.717, 1.165) is 50.5 Å². The van der Waals surface area contributed by atoms with Crippen LogP contribution in [0.2, 0.25) is 0 Å². The number of pyridine rings is 2. The highest BCUT2D eigenvalue weighted by molar-refractivity contribution is 5.83. The van der Waals surface area contributed by atoms with Gasteiger partial charge in [-0.15, -0.1) is 5.10 Å². The Bertz CT molecular complexity index is 1640. The number of morpholine rings is 1. The second kappa shape index (κ2) is 11.4. The van der Waals surface area contributed by atoms with Crippen molar-refractivity contribution in [3.05, 3.63) is 60.1 Å². The average molecular weight is 586 g/mol. The lowest BCUT2D eigenvalue weighted by molar-refractivity contribution is -0.0404. The second-order valence-electron chi connectivity index (χ2n) is 11.3. The van der Waals surface area contributed by atoms with E-state index in [1.807, 2.05) is 25.4 Å². The van der Waals surface area contributed by atoms with Crippen LogP contribution in [0.3, 0.4) is 0 Å². The molecule has 3 atom stereocenters. The van der Waals surface area contributed by atoms with Gasteiger partial charge in [0.1, 0.15) is 35.9 Å². The van der Waals surface area contributed by atoms with Gasteiger partial charge in [-0.1, -0.05) is 6.07 Å². The number of anilines is 1. The Balaban J connectivity index is 1.08. The van der Waals surface area contributed by atoms with Crippen LogP contribution in [0.25, 0.3) is 16.8 Å². The number of nitrogens with zero attached hydrogens (tertiary/aromatic N) is 9. The monoisotopic (exact) mass is 585 g/mol. The summed E-state index contributed by atoms with van der Waals surface area (Å²) in [7, 11) is 3.66. The van der Waals surface area contributed by atoms with E-state index < -0.39 is 5.95 Å². The lowest BCUT2D eigenvalue weighted by Crippen LogP contribution is -2.68. The molecule has 12 nitrogen and oxygen atoms in total. The van der Waals surface area contributed by atoms with Crippen molar-refractivity contribution in [3.8, 4) is 29.0 Å². The molecule has 0 spiro atoms. The third-order valence-electron chi connectivity index (χ3n) is 8.50. The molecule has 0 aromatic carbocycles. The van der Waals surface area contributed by atoms with E-state index in [4.69, 9.17) is 24.2 Å². The summed E-state index contributed by atoms with van der Waals surface area (Å²) in [4.78, 5) is 20.7. The van der Waals surface area contributed by atoms with Crippen LogP contribution in [0.1, 0.15) is 17.5 Å². The summed E-state index contributed by atoms with van der Waals surface area (Å²) in [5.41, 5.74) is 2.36. The van der Waals surface area contributed by atoms with Crippen molar-refractivity contribution in [2.45, 2.75) is 31.2 Å². The number of fused-ring (bicyclic) bond motifs is 3. The first kappa shape index (κ1) is 27.5. The highest BCUT2D eigenvalue weighted by atomic mass is 19.1. The van der Waals surface area contributed by atoms with E-state index in [-0.39, 0.29) is 11.7 Å². The van der Waals surface area contributed by atoms with E-state index in [1.54, 1.807) is 31.8 Å². The first-order valence-electron chi connectivity index (χ1n) is 14.4. The fourth-order valence-corrected chi connectivity index (χ4v) is 6.25. The Hall–Kier alpha value is -4.38. The molecule has 4 fully saturated rings. The van der Waals surface area contributed by atoms with Gasteiger partial charge in [0.15, 0.2) is 0 Å². The van der Waals surface area contributed by atoms with Gasteiger partial charge in [-0.3, -0.25) is 9.88 Å². The molecule has 2 bridgehead atoms. The molecule has 4 saturated heterocycles. The van der Waals surface area contributed by atoms with E-state index in [0.29, 0.717) is 53.7 Å². The maximum absolute atomic E-state index is 14.6. The molecule has 0 aliphatic carbocycles. The zero-order valence-electron chi connectivity index (χ0n) is 24.1. The molecule has 4 aliphatic rings. The number of hydrogen-bond donors (Lipinski definition) is 0.